The number of rotatable bonds is 1. The lowest BCUT2D eigenvalue weighted by Gasteiger charge is -2.21. The molecule has 2 aliphatic heterocycles. The van der Waals surface area contributed by atoms with Crippen LogP contribution >= 0.6 is 0 Å². The molecule has 2 fully saturated rings. The Balaban J connectivity index is 1.53. The fourth-order valence-electron chi connectivity index (χ4n) is 4.19. The molecule has 1 aromatic carbocycles. The number of aliphatic hydroxyl groups is 1. The molecule has 1 aliphatic carbocycles. The zero-order chi connectivity index (χ0) is 14.4. The molecule has 4 nitrogen and oxygen atoms in total. The van der Waals surface area contributed by atoms with Crippen molar-refractivity contribution in [2.75, 3.05) is 25.0 Å². The summed E-state index contributed by atoms with van der Waals surface area (Å²) < 4.78 is 0. The Morgan fingerprint density at radius 3 is 3.05 bits per heavy atom. The van der Waals surface area contributed by atoms with E-state index in [9.17, 15) is 9.90 Å². The molecule has 3 atom stereocenters. The summed E-state index contributed by atoms with van der Waals surface area (Å²) in [5.41, 5.74) is 3.23. The van der Waals surface area contributed by atoms with Crippen molar-refractivity contribution < 1.29 is 9.90 Å². The van der Waals surface area contributed by atoms with Gasteiger partial charge in [-0.1, -0.05) is 0 Å². The molecule has 0 aromatic heterocycles. The maximum absolute atomic E-state index is 12.7. The third kappa shape index (κ3) is 2.22. The number of amides is 1. The molecule has 1 saturated heterocycles. The molecule has 0 spiro atoms. The lowest BCUT2D eigenvalue weighted by molar-refractivity contribution is 0.0752. The number of hydrogen-bond acceptors (Lipinski definition) is 3. The van der Waals surface area contributed by atoms with Crippen LogP contribution in [-0.2, 0) is 6.42 Å². The van der Waals surface area contributed by atoms with Gasteiger partial charge in [0, 0.05) is 36.8 Å². The average Bonchev–Trinajstić information content (AvgIpc) is 3.08. The van der Waals surface area contributed by atoms with Crippen molar-refractivity contribution in [3.63, 3.8) is 0 Å². The van der Waals surface area contributed by atoms with Gasteiger partial charge in [0.15, 0.2) is 0 Å². The maximum atomic E-state index is 12.7. The Labute approximate surface area is 125 Å². The number of anilines is 1. The number of aryl methyl sites for hydroxylation is 1. The van der Waals surface area contributed by atoms with Gasteiger partial charge in [-0.05, 0) is 55.4 Å². The van der Waals surface area contributed by atoms with E-state index in [1.165, 1.54) is 11.3 Å². The number of benzene rings is 1. The fraction of sp³-hybridized carbons (Fsp3) is 0.588. The second kappa shape index (κ2) is 5.02. The van der Waals surface area contributed by atoms with E-state index < -0.39 is 0 Å². The summed E-state index contributed by atoms with van der Waals surface area (Å²) in [6.45, 7) is 2.56. The van der Waals surface area contributed by atoms with E-state index in [-0.39, 0.29) is 12.0 Å². The Kier molecular flexibility index (Phi) is 3.14. The molecular formula is C17H22N2O2. The highest BCUT2D eigenvalue weighted by atomic mass is 16.3. The minimum atomic E-state index is -0.208. The molecule has 1 aromatic rings. The zero-order valence-electron chi connectivity index (χ0n) is 12.2. The van der Waals surface area contributed by atoms with Crippen molar-refractivity contribution >= 4 is 11.6 Å². The van der Waals surface area contributed by atoms with E-state index in [1.807, 2.05) is 23.1 Å². The number of nitrogens with zero attached hydrogens (tertiary/aromatic N) is 1. The molecule has 112 valence electrons. The molecule has 1 saturated carbocycles. The number of likely N-dealkylation sites (tertiary alicyclic amines) is 1. The Hall–Kier alpha value is -1.55. The lowest BCUT2D eigenvalue weighted by Crippen LogP contribution is -2.31. The highest BCUT2D eigenvalue weighted by Gasteiger charge is 2.43. The van der Waals surface area contributed by atoms with Crippen LogP contribution in [0.15, 0.2) is 18.2 Å². The Morgan fingerprint density at radius 1 is 1.29 bits per heavy atom. The molecule has 1 amide bonds. The summed E-state index contributed by atoms with van der Waals surface area (Å²) in [6, 6.07) is 6.02. The third-order valence-corrected chi connectivity index (χ3v) is 5.40. The lowest BCUT2D eigenvalue weighted by atomic mass is 9.99. The molecule has 2 N–H and O–H groups in total. The summed E-state index contributed by atoms with van der Waals surface area (Å²) in [7, 11) is 0. The predicted molar refractivity (Wildman–Crippen MR) is 81.4 cm³/mol. The summed E-state index contributed by atoms with van der Waals surface area (Å²) in [6.07, 6.45) is 3.93. The second-order valence-corrected chi connectivity index (χ2v) is 6.68. The van der Waals surface area contributed by atoms with Gasteiger partial charge in [0.1, 0.15) is 0 Å². The van der Waals surface area contributed by atoms with E-state index in [0.29, 0.717) is 11.8 Å². The number of aliphatic hydroxyl groups excluding tert-OH is 1. The third-order valence-electron chi connectivity index (χ3n) is 5.40. The van der Waals surface area contributed by atoms with Crippen LogP contribution in [0, 0.1) is 11.8 Å². The van der Waals surface area contributed by atoms with Gasteiger partial charge in [-0.25, -0.2) is 0 Å². The maximum Gasteiger partial charge on any atom is 0.253 e. The smallest absolute Gasteiger partial charge is 0.253 e. The van der Waals surface area contributed by atoms with Gasteiger partial charge in [0.25, 0.3) is 5.91 Å². The van der Waals surface area contributed by atoms with Crippen LogP contribution in [0.2, 0.25) is 0 Å². The Morgan fingerprint density at radius 2 is 2.19 bits per heavy atom. The molecule has 0 radical (unpaired) electrons. The van der Waals surface area contributed by atoms with E-state index in [2.05, 4.69) is 5.32 Å². The highest BCUT2D eigenvalue weighted by molar-refractivity contribution is 5.95. The van der Waals surface area contributed by atoms with Crippen molar-refractivity contribution in [2.24, 2.45) is 11.8 Å². The van der Waals surface area contributed by atoms with Gasteiger partial charge < -0.3 is 15.3 Å². The number of carbonyl (C=O) groups is 1. The van der Waals surface area contributed by atoms with Gasteiger partial charge in [0.2, 0.25) is 0 Å². The summed E-state index contributed by atoms with van der Waals surface area (Å²) >= 11 is 0. The van der Waals surface area contributed by atoms with Crippen LogP contribution in [0.5, 0.6) is 0 Å². The predicted octanol–water partition coefficient (Wildman–Crippen LogP) is 1.89. The van der Waals surface area contributed by atoms with E-state index in [1.54, 1.807) is 0 Å². The zero-order valence-corrected chi connectivity index (χ0v) is 12.2. The first kappa shape index (κ1) is 13.1. The molecular weight excluding hydrogens is 264 g/mol. The first-order valence-electron chi connectivity index (χ1n) is 8.06. The van der Waals surface area contributed by atoms with Crippen molar-refractivity contribution in [1.29, 1.82) is 0 Å². The SMILES string of the molecule is O=C(c1ccc2c(c1)CCCN2)N1CC2CCC(O)C2C1. The number of nitrogens with one attached hydrogen (secondary N) is 1. The minimum absolute atomic E-state index is 0.130. The number of fused-ring (bicyclic) bond motifs is 2. The first-order chi connectivity index (χ1) is 10.2. The molecule has 21 heavy (non-hydrogen) atoms. The van der Waals surface area contributed by atoms with Crippen molar-refractivity contribution in [3.8, 4) is 0 Å². The van der Waals surface area contributed by atoms with Crippen LogP contribution in [0.25, 0.3) is 0 Å². The Bertz CT molecular complexity index is 572. The van der Waals surface area contributed by atoms with Gasteiger partial charge in [-0.2, -0.15) is 0 Å². The van der Waals surface area contributed by atoms with Crippen molar-refractivity contribution in [3.05, 3.63) is 29.3 Å². The van der Waals surface area contributed by atoms with E-state index in [4.69, 9.17) is 0 Å². The van der Waals surface area contributed by atoms with E-state index >= 15 is 0 Å². The second-order valence-electron chi connectivity index (χ2n) is 6.68. The fourth-order valence-corrected chi connectivity index (χ4v) is 4.19. The molecule has 4 heteroatoms. The largest absolute Gasteiger partial charge is 0.393 e. The molecule has 3 unspecified atom stereocenters. The number of carbonyl (C=O) groups excluding carboxylic acids is 1. The van der Waals surface area contributed by atoms with Gasteiger partial charge in [-0.3, -0.25) is 4.79 Å². The summed E-state index contributed by atoms with van der Waals surface area (Å²) in [5, 5.41) is 13.4. The highest BCUT2D eigenvalue weighted by Crippen LogP contribution is 2.38. The quantitative estimate of drug-likeness (QED) is 0.829. The van der Waals surface area contributed by atoms with Crippen LogP contribution in [0.3, 0.4) is 0 Å². The van der Waals surface area contributed by atoms with Crippen molar-refractivity contribution in [2.45, 2.75) is 31.8 Å². The standard InChI is InChI=1S/C17H22N2O2/c20-16-6-4-13-9-19(10-14(13)16)17(21)12-3-5-15-11(8-12)2-1-7-18-15/h3,5,8,13-14,16,18,20H,1-2,4,6-7,9-10H2. The molecule has 0 bridgehead atoms. The summed E-state index contributed by atoms with van der Waals surface area (Å²) in [5.74, 6) is 0.932. The summed E-state index contributed by atoms with van der Waals surface area (Å²) in [4.78, 5) is 14.6. The molecule has 4 rings (SSSR count). The van der Waals surface area contributed by atoms with Crippen LogP contribution in [0.4, 0.5) is 5.69 Å². The van der Waals surface area contributed by atoms with Crippen LogP contribution in [0.1, 0.15) is 35.2 Å². The minimum Gasteiger partial charge on any atom is -0.393 e. The normalized spacial score (nSPS) is 30.7. The monoisotopic (exact) mass is 286 g/mol. The molecule has 3 aliphatic rings. The van der Waals surface area contributed by atoms with Gasteiger partial charge in [0.05, 0.1) is 6.10 Å². The van der Waals surface area contributed by atoms with Crippen LogP contribution < -0.4 is 5.32 Å². The van der Waals surface area contributed by atoms with Gasteiger partial charge >= 0.3 is 0 Å². The first-order valence-corrected chi connectivity index (χ1v) is 8.06. The van der Waals surface area contributed by atoms with Crippen molar-refractivity contribution in [1.82, 2.24) is 4.90 Å². The van der Waals surface area contributed by atoms with E-state index in [0.717, 1.165) is 50.9 Å². The van der Waals surface area contributed by atoms with Gasteiger partial charge in [-0.15, -0.1) is 0 Å². The molecule has 2 heterocycles. The van der Waals surface area contributed by atoms with Crippen LogP contribution in [-0.4, -0.2) is 41.7 Å². The topological polar surface area (TPSA) is 52.6 Å². The average molecular weight is 286 g/mol. The number of hydrogen-bond donors (Lipinski definition) is 2.